The maximum atomic E-state index is 11.5. The molecule has 0 saturated carbocycles. The number of aromatic nitrogens is 2. The fraction of sp³-hybridized carbons (Fsp3) is 0.636. The van der Waals surface area contributed by atoms with Crippen LogP contribution < -0.4 is 11.1 Å². The third-order valence-electron chi connectivity index (χ3n) is 2.34. The predicted molar refractivity (Wildman–Crippen MR) is 70.1 cm³/mol. The number of nitrogens with zero attached hydrogens (tertiary/aromatic N) is 2. The molecule has 0 aliphatic carbocycles. The van der Waals surface area contributed by atoms with Crippen LogP contribution >= 0.6 is 12.4 Å². The van der Waals surface area contributed by atoms with Crippen molar-refractivity contribution in [3.63, 3.8) is 0 Å². The molecule has 5 nitrogen and oxygen atoms in total. The highest BCUT2D eigenvalue weighted by Gasteiger charge is 2.10. The highest BCUT2D eigenvalue weighted by molar-refractivity contribution is 5.85. The Morgan fingerprint density at radius 1 is 1.65 bits per heavy atom. The molecule has 3 N–H and O–H groups in total. The molecule has 0 fully saturated rings. The topological polar surface area (TPSA) is 72.9 Å². The summed E-state index contributed by atoms with van der Waals surface area (Å²) in [5, 5.41) is 6.93. The van der Waals surface area contributed by atoms with Crippen molar-refractivity contribution in [1.82, 2.24) is 15.1 Å². The summed E-state index contributed by atoms with van der Waals surface area (Å²) >= 11 is 0. The molecule has 0 saturated heterocycles. The van der Waals surface area contributed by atoms with Gasteiger partial charge in [-0.05, 0) is 18.9 Å². The number of rotatable bonds is 6. The highest BCUT2D eigenvalue weighted by atomic mass is 35.5. The lowest BCUT2D eigenvalue weighted by Crippen LogP contribution is -2.41. The summed E-state index contributed by atoms with van der Waals surface area (Å²) in [6.07, 6.45) is 5.39. The Bertz CT molecular complexity index is 340. The van der Waals surface area contributed by atoms with E-state index in [1.807, 2.05) is 20.0 Å². The molecule has 1 unspecified atom stereocenters. The van der Waals surface area contributed by atoms with Gasteiger partial charge in [-0.15, -0.1) is 12.4 Å². The van der Waals surface area contributed by atoms with Gasteiger partial charge in [0, 0.05) is 12.7 Å². The van der Waals surface area contributed by atoms with Gasteiger partial charge in [0.05, 0.1) is 18.8 Å². The summed E-state index contributed by atoms with van der Waals surface area (Å²) in [4.78, 5) is 11.5. The second-order valence-corrected chi connectivity index (χ2v) is 3.97. The standard InChI is InChI=1S/C11H20N4O.ClH/c1-3-4-10(12)11(16)13-5-6-15-8-9(2)7-14-15;/h7-8,10H,3-6,12H2,1-2H3,(H,13,16);1H. The summed E-state index contributed by atoms with van der Waals surface area (Å²) < 4.78 is 1.81. The summed E-state index contributed by atoms with van der Waals surface area (Å²) in [6.45, 7) is 5.24. The van der Waals surface area contributed by atoms with E-state index in [0.29, 0.717) is 13.1 Å². The summed E-state index contributed by atoms with van der Waals surface area (Å²) in [5.74, 6) is -0.0780. The number of hydrogen-bond acceptors (Lipinski definition) is 3. The first kappa shape index (κ1) is 15.9. The lowest BCUT2D eigenvalue weighted by molar-refractivity contribution is -0.122. The fourth-order valence-electron chi connectivity index (χ4n) is 1.46. The quantitative estimate of drug-likeness (QED) is 0.797. The summed E-state index contributed by atoms with van der Waals surface area (Å²) in [7, 11) is 0. The van der Waals surface area contributed by atoms with Gasteiger partial charge in [-0.3, -0.25) is 9.48 Å². The minimum Gasteiger partial charge on any atom is -0.353 e. The van der Waals surface area contributed by atoms with Crippen LogP contribution in [-0.4, -0.2) is 28.3 Å². The van der Waals surface area contributed by atoms with E-state index in [1.165, 1.54) is 0 Å². The molecule has 1 aromatic heterocycles. The maximum Gasteiger partial charge on any atom is 0.236 e. The third-order valence-corrected chi connectivity index (χ3v) is 2.34. The fourth-order valence-corrected chi connectivity index (χ4v) is 1.46. The van der Waals surface area contributed by atoms with Crippen LogP contribution in [0.3, 0.4) is 0 Å². The van der Waals surface area contributed by atoms with Crippen molar-refractivity contribution < 1.29 is 4.79 Å². The molecule has 6 heteroatoms. The largest absolute Gasteiger partial charge is 0.353 e. The molecule has 1 atom stereocenters. The first-order valence-electron chi connectivity index (χ1n) is 5.66. The monoisotopic (exact) mass is 260 g/mol. The lowest BCUT2D eigenvalue weighted by Gasteiger charge is -2.10. The molecule has 1 rings (SSSR count). The van der Waals surface area contributed by atoms with E-state index in [-0.39, 0.29) is 24.4 Å². The summed E-state index contributed by atoms with van der Waals surface area (Å²) in [6, 6.07) is -0.385. The first-order chi connectivity index (χ1) is 7.63. The van der Waals surface area contributed by atoms with Crippen LogP contribution in [0.15, 0.2) is 12.4 Å². The Kier molecular flexibility index (Phi) is 7.58. The zero-order valence-electron chi connectivity index (χ0n) is 10.3. The molecule has 17 heavy (non-hydrogen) atoms. The van der Waals surface area contributed by atoms with Crippen molar-refractivity contribution in [1.29, 1.82) is 0 Å². The van der Waals surface area contributed by atoms with Crippen LogP contribution in [0.2, 0.25) is 0 Å². The molecule has 0 spiro atoms. The number of halogens is 1. The number of carbonyl (C=O) groups excluding carboxylic acids is 1. The number of aryl methyl sites for hydroxylation is 1. The van der Waals surface area contributed by atoms with Gasteiger partial charge in [0.15, 0.2) is 0 Å². The van der Waals surface area contributed by atoms with E-state index in [2.05, 4.69) is 10.4 Å². The van der Waals surface area contributed by atoms with Gasteiger partial charge in [-0.2, -0.15) is 5.10 Å². The van der Waals surface area contributed by atoms with Gasteiger partial charge in [-0.1, -0.05) is 13.3 Å². The maximum absolute atomic E-state index is 11.5. The van der Waals surface area contributed by atoms with E-state index in [9.17, 15) is 4.79 Å². The molecule has 0 bridgehead atoms. The van der Waals surface area contributed by atoms with Gasteiger partial charge in [0.25, 0.3) is 0 Å². The lowest BCUT2D eigenvalue weighted by atomic mass is 10.2. The summed E-state index contributed by atoms with van der Waals surface area (Å²) in [5.41, 5.74) is 6.80. The Labute approximate surface area is 108 Å². The highest BCUT2D eigenvalue weighted by Crippen LogP contribution is 1.94. The van der Waals surface area contributed by atoms with Gasteiger partial charge in [0.2, 0.25) is 5.91 Å². The normalized spacial score (nSPS) is 11.7. The molecule has 0 aliphatic rings. The van der Waals surface area contributed by atoms with Crippen molar-refractivity contribution in [2.24, 2.45) is 5.73 Å². The van der Waals surface area contributed by atoms with E-state index in [0.717, 1.165) is 18.4 Å². The van der Waals surface area contributed by atoms with Crippen LogP contribution in [0, 0.1) is 6.92 Å². The van der Waals surface area contributed by atoms with Crippen molar-refractivity contribution >= 4 is 18.3 Å². The minimum atomic E-state index is -0.385. The molecular weight excluding hydrogens is 240 g/mol. The molecule has 0 radical (unpaired) electrons. The van der Waals surface area contributed by atoms with Crippen LogP contribution in [0.25, 0.3) is 0 Å². The number of hydrogen-bond donors (Lipinski definition) is 2. The molecule has 0 aliphatic heterocycles. The Morgan fingerprint density at radius 2 is 2.35 bits per heavy atom. The Hall–Kier alpha value is -1.07. The average molecular weight is 261 g/mol. The van der Waals surface area contributed by atoms with Gasteiger partial charge < -0.3 is 11.1 Å². The number of carbonyl (C=O) groups is 1. The Balaban J connectivity index is 0.00000256. The van der Waals surface area contributed by atoms with Crippen molar-refractivity contribution in [3.05, 3.63) is 18.0 Å². The van der Waals surface area contributed by atoms with Crippen molar-refractivity contribution in [2.75, 3.05) is 6.54 Å². The SMILES string of the molecule is CCCC(N)C(=O)NCCn1cc(C)cn1.Cl. The van der Waals surface area contributed by atoms with Crippen molar-refractivity contribution in [3.8, 4) is 0 Å². The Morgan fingerprint density at radius 3 is 2.88 bits per heavy atom. The first-order valence-corrected chi connectivity index (χ1v) is 5.66. The van der Waals surface area contributed by atoms with E-state index in [1.54, 1.807) is 10.9 Å². The molecular formula is C11H21ClN4O. The average Bonchev–Trinajstić information content (AvgIpc) is 2.64. The predicted octanol–water partition coefficient (Wildman–Crippen LogP) is 0.857. The minimum absolute atomic E-state index is 0. The van der Waals surface area contributed by atoms with Gasteiger partial charge in [0.1, 0.15) is 0 Å². The molecule has 98 valence electrons. The van der Waals surface area contributed by atoms with E-state index >= 15 is 0 Å². The van der Waals surface area contributed by atoms with Crippen LogP contribution in [0.5, 0.6) is 0 Å². The van der Waals surface area contributed by atoms with E-state index < -0.39 is 0 Å². The molecule has 1 heterocycles. The van der Waals surface area contributed by atoms with Gasteiger partial charge in [-0.25, -0.2) is 0 Å². The number of nitrogens with two attached hydrogens (primary N) is 1. The zero-order valence-corrected chi connectivity index (χ0v) is 11.2. The number of amides is 1. The zero-order chi connectivity index (χ0) is 12.0. The number of nitrogens with one attached hydrogen (secondary N) is 1. The second kappa shape index (κ2) is 8.08. The van der Waals surface area contributed by atoms with Crippen LogP contribution in [0.4, 0.5) is 0 Å². The molecule has 1 aromatic rings. The smallest absolute Gasteiger partial charge is 0.236 e. The van der Waals surface area contributed by atoms with Crippen LogP contribution in [0.1, 0.15) is 25.3 Å². The second-order valence-electron chi connectivity index (χ2n) is 3.97. The third kappa shape index (κ3) is 5.70. The van der Waals surface area contributed by atoms with E-state index in [4.69, 9.17) is 5.73 Å². The van der Waals surface area contributed by atoms with Gasteiger partial charge >= 0.3 is 0 Å². The van der Waals surface area contributed by atoms with Crippen LogP contribution in [-0.2, 0) is 11.3 Å². The molecule has 1 amide bonds. The van der Waals surface area contributed by atoms with Crippen molar-refractivity contribution in [2.45, 2.75) is 39.3 Å². The molecule has 0 aromatic carbocycles.